The molecule has 1 aromatic carbocycles. The molecule has 0 bridgehead atoms. The number of amides is 1. The van der Waals surface area contributed by atoms with E-state index in [0.29, 0.717) is 13.2 Å². The van der Waals surface area contributed by atoms with E-state index in [2.05, 4.69) is 60.8 Å². The summed E-state index contributed by atoms with van der Waals surface area (Å²) in [6.07, 6.45) is 2.69. The third-order valence-corrected chi connectivity index (χ3v) is 5.32. The maximum atomic E-state index is 12.9. The monoisotopic (exact) mass is 347 g/mol. The third kappa shape index (κ3) is 5.03. The summed E-state index contributed by atoms with van der Waals surface area (Å²) in [4.78, 5) is 15.1. The van der Waals surface area contributed by atoms with E-state index in [9.17, 15) is 4.79 Å². The van der Waals surface area contributed by atoms with Crippen LogP contribution in [-0.4, -0.2) is 58.3 Å². The van der Waals surface area contributed by atoms with Crippen LogP contribution in [0.15, 0.2) is 24.3 Å². The lowest BCUT2D eigenvalue weighted by Crippen LogP contribution is -2.51. The molecule has 2 N–H and O–H groups in total. The molecule has 1 aliphatic heterocycles. The zero-order valence-electron chi connectivity index (χ0n) is 16.1. The average Bonchev–Trinajstić information content (AvgIpc) is 2.63. The second-order valence-electron chi connectivity index (χ2n) is 7.25. The Kier molecular flexibility index (Phi) is 7.41. The van der Waals surface area contributed by atoms with E-state index in [1.165, 1.54) is 11.1 Å². The number of hydrogen-bond acceptors (Lipinski definition) is 4. The molecule has 1 aliphatic rings. The summed E-state index contributed by atoms with van der Waals surface area (Å²) >= 11 is 0. The van der Waals surface area contributed by atoms with E-state index in [1.807, 2.05) is 0 Å². The van der Waals surface area contributed by atoms with Crippen LogP contribution in [0.25, 0.3) is 0 Å². The van der Waals surface area contributed by atoms with Crippen molar-refractivity contribution in [3.63, 3.8) is 0 Å². The number of aryl methyl sites for hydroxylation is 1. The highest BCUT2D eigenvalue weighted by atomic mass is 16.5. The number of rotatable bonds is 8. The summed E-state index contributed by atoms with van der Waals surface area (Å²) in [5.74, 6) is 0.118. The van der Waals surface area contributed by atoms with Crippen LogP contribution in [0.1, 0.15) is 36.9 Å². The van der Waals surface area contributed by atoms with Gasteiger partial charge in [-0.15, -0.1) is 0 Å². The summed E-state index contributed by atoms with van der Waals surface area (Å²) in [6, 6.07) is 8.85. The Labute approximate surface area is 152 Å². The fourth-order valence-corrected chi connectivity index (χ4v) is 3.57. The molecule has 1 amide bonds. The zero-order valence-corrected chi connectivity index (χ0v) is 16.1. The van der Waals surface area contributed by atoms with Crippen LogP contribution in [0.2, 0.25) is 0 Å². The number of hydrogen-bond donors (Lipinski definition) is 2. The molecule has 5 nitrogen and oxygen atoms in total. The molecule has 1 unspecified atom stereocenters. The second kappa shape index (κ2) is 9.32. The van der Waals surface area contributed by atoms with E-state index in [0.717, 1.165) is 32.4 Å². The van der Waals surface area contributed by atoms with Gasteiger partial charge in [0.1, 0.15) is 0 Å². The van der Waals surface area contributed by atoms with E-state index >= 15 is 0 Å². The largest absolute Gasteiger partial charge is 0.384 e. The van der Waals surface area contributed by atoms with Crippen LogP contribution >= 0.6 is 0 Å². The fourth-order valence-electron chi connectivity index (χ4n) is 3.57. The summed E-state index contributed by atoms with van der Waals surface area (Å²) in [5, 5.41) is 6.53. The molecule has 0 aromatic heterocycles. The maximum Gasteiger partial charge on any atom is 0.228 e. The van der Waals surface area contributed by atoms with Gasteiger partial charge in [0, 0.05) is 13.7 Å². The van der Waals surface area contributed by atoms with Gasteiger partial charge >= 0.3 is 0 Å². The Morgan fingerprint density at radius 3 is 2.44 bits per heavy atom. The van der Waals surface area contributed by atoms with Crippen molar-refractivity contribution in [1.82, 2.24) is 15.5 Å². The van der Waals surface area contributed by atoms with Crippen molar-refractivity contribution in [3.8, 4) is 0 Å². The van der Waals surface area contributed by atoms with Crippen LogP contribution in [0.5, 0.6) is 0 Å². The molecule has 0 spiro atoms. The van der Waals surface area contributed by atoms with Gasteiger partial charge in [0.15, 0.2) is 0 Å². The first-order chi connectivity index (χ1) is 12.0. The molecule has 2 rings (SSSR count). The van der Waals surface area contributed by atoms with Crippen molar-refractivity contribution >= 4 is 5.91 Å². The lowest BCUT2D eigenvalue weighted by Gasteiger charge is -2.36. The van der Waals surface area contributed by atoms with E-state index in [4.69, 9.17) is 4.74 Å². The lowest BCUT2D eigenvalue weighted by molar-refractivity contribution is -0.136. The fraction of sp³-hybridized carbons (Fsp3) is 0.650. The lowest BCUT2D eigenvalue weighted by atomic mass is 9.78. The number of methoxy groups -OCH3 is 1. The van der Waals surface area contributed by atoms with Crippen LogP contribution in [-0.2, 0) is 16.0 Å². The molecule has 0 saturated carbocycles. The second-order valence-corrected chi connectivity index (χ2v) is 7.25. The van der Waals surface area contributed by atoms with Crippen molar-refractivity contribution < 1.29 is 9.53 Å². The highest BCUT2D eigenvalue weighted by molar-refractivity contribution is 5.83. The minimum Gasteiger partial charge on any atom is -0.384 e. The van der Waals surface area contributed by atoms with E-state index in [-0.39, 0.29) is 11.9 Å². The van der Waals surface area contributed by atoms with Crippen LogP contribution in [0, 0.1) is 5.41 Å². The quantitative estimate of drug-likeness (QED) is 0.755. The van der Waals surface area contributed by atoms with Gasteiger partial charge in [-0.3, -0.25) is 4.79 Å². The van der Waals surface area contributed by atoms with Crippen molar-refractivity contribution in [2.45, 2.75) is 32.2 Å². The summed E-state index contributed by atoms with van der Waals surface area (Å²) in [6.45, 7) is 4.99. The molecular formula is C20H33N3O2. The minimum atomic E-state index is -0.400. The normalized spacial score (nSPS) is 18.1. The van der Waals surface area contributed by atoms with Gasteiger partial charge in [-0.05, 0) is 57.6 Å². The predicted molar refractivity (Wildman–Crippen MR) is 102 cm³/mol. The minimum absolute atomic E-state index is 0.118. The number of ether oxygens (including phenoxy) is 1. The molecule has 1 saturated heterocycles. The van der Waals surface area contributed by atoms with Crippen LogP contribution in [0.4, 0.5) is 0 Å². The number of benzene rings is 1. The molecule has 5 heteroatoms. The topological polar surface area (TPSA) is 53.6 Å². The number of nitrogens with one attached hydrogen (secondary N) is 2. The number of likely N-dealkylation sites (N-methyl/N-ethyl adjacent to an activating group) is 1. The number of nitrogens with zero attached hydrogens (tertiary/aromatic N) is 1. The van der Waals surface area contributed by atoms with Gasteiger partial charge in [-0.25, -0.2) is 0 Å². The standard InChI is InChI=1S/C20H33N3O2/c1-5-16-6-8-17(9-7-16)18(23(2)3)14-22-19(24)20(15-25-4)10-12-21-13-11-20/h6-9,18,21H,5,10-15H2,1-4H3,(H,22,24). The number of piperidine rings is 1. The van der Waals surface area contributed by atoms with Crippen molar-refractivity contribution in [1.29, 1.82) is 0 Å². The highest BCUT2D eigenvalue weighted by Crippen LogP contribution is 2.30. The molecule has 1 fully saturated rings. The van der Waals surface area contributed by atoms with E-state index in [1.54, 1.807) is 7.11 Å². The average molecular weight is 348 g/mol. The molecule has 140 valence electrons. The molecule has 0 aliphatic carbocycles. The Bertz CT molecular complexity index is 531. The van der Waals surface area contributed by atoms with Gasteiger partial charge < -0.3 is 20.3 Å². The molecule has 1 atom stereocenters. The summed E-state index contributed by atoms with van der Waals surface area (Å²) < 4.78 is 5.37. The van der Waals surface area contributed by atoms with E-state index < -0.39 is 5.41 Å². The highest BCUT2D eigenvalue weighted by Gasteiger charge is 2.39. The Balaban J connectivity index is 2.05. The molecule has 0 radical (unpaired) electrons. The van der Waals surface area contributed by atoms with Gasteiger partial charge in [0.2, 0.25) is 5.91 Å². The van der Waals surface area contributed by atoms with Crippen molar-refractivity contribution in [2.24, 2.45) is 5.41 Å². The zero-order chi connectivity index (χ0) is 18.3. The SMILES string of the molecule is CCc1ccc(C(CNC(=O)C2(COC)CCNCC2)N(C)C)cc1. The van der Waals surface area contributed by atoms with Crippen molar-refractivity contribution in [2.75, 3.05) is 47.4 Å². The van der Waals surface area contributed by atoms with Crippen LogP contribution < -0.4 is 10.6 Å². The predicted octanol–water partition coefficient (Wildman–Crippen LogP) is 1.98. The first-order valence-corrected chi connectivity index (χ1v) is 9.25. The summed E-state index contributed by atoms with van der Waals surface area (Å²) in [7, 11) is 5.79. The Hall–Kier alpha value is -1.43. The van der Waals surface area contributed by atoms with Crippen molar-refractivity contribution in [3.05, 3.63) is 35.4 Å². The van der Waals surface area contributed by atoms with Crippen LogP contribution in [0.3, 0.4) is 0 Å². The number of carbonyl (C=O) groups is 1. The van der Waals surface area contributed by atoms with Gasteiger partial charge in [0.05, 0.1) is 18.1 Å². The summed E-state index contributed by atoms with van der Waals surface area (Å²) in [5.41, 5.74) is 2.16. The third-order valence-electron chi connectivity index (χ3n) is 5.32. The number of carbonyl (C=O) groups excluding carboxylic acids is 1. The first kappa shape index (κ1) is 19.9. The molecule has 1 aromatic rings. The van der Waals surface area contributed by atoms with Gasteiger partial charge in [0.25, 0.3) is 0 Å². The van der Waals surface area contributed by atoms with Gasteiger partial charge in [-0.2, -0.15) is 0 Å². The molecule has 25 heavy (non-hydrogen) atoms. The maximum absolute atomic E-state index is 12.9. The Morgan fingerprint density at radius 1 is 1.28 bits per heavy atom. The smallest absolute Gasteiger partial charge is 0.228 e. The van der Waals surface area contributed by atoms with Gasteiger partial charge in [-0.1, -0.05) is 31.2 Å². The Morgan fingerprint density at radius 2 is 1.92 bits per heavy atom. The molecular weight excluding hydrogens is 314 g/mol. The first-order valence-electron chi connectivity index (χ1n) is 9.25. The molecule has 1 heterocycles.